The van der Waals surface area contributed by atoms with Crippen LogP contribution in [0, 0.1) is 0 Å². The van der Waals surface area contributed by atoms with Crippen LogP contribution in [0.2, 0.25) is 0 Å². The van der Waals surface area contributed by atoms with E-state index in [9.17, 15) is 18.9 Å². The van der Waals surface area contributed by atoms with Crippen LogP contribution in [0.1, 0.15) is 90.9 Å². The third-order valence-corrected chi connectivity index (χ3v) is 7.65. The quantitative estimate of drug-likeness (QED) is 0.253. The van der Waals surface area contributed by atoms with Crippen molar-refractivity contribution in [2.24, 2.45) is 0 Å². The zero-order valence-corrected chi connectivity index (χ0v) is 16.7. The Hall–Kier alpha value is 0.340. The van der Waals surface area contributed by atoms with Gasteiger partial charge in [-0.3, -0.25) is 9.13 Å². The van der Waals surface area contributed by atoms with Gasteiger partial charge in [0, 0.05) is 0 Å². The van der Waals surface area contributed by atoms with Gasteiger partial charge in [0.15, 0.2) is 0 Å². The summed E-state index contributed by atoms with van der Waals surface area (Å²) in [7, 11) is -7.90. The van der Waals surface area contributed by atoms with E-state index in [1.165, 1.54) is 12.8 Å². The molecule has 0 saturated carbocycles. The normalized spacial score (nSPS) is 16.9. The molecule has 0 saturated heterocycles. The highest BCUT2D eigenvalue weighted by atomic mass is 31.3. The van der Waals surface area contributed by atoms with E-state index in [-0.39, 0.29) is 12.3 Å². The summed E-state index contributed by atoms with van der Waals surface area (Å²) in [6, 6.07) is 0. The van der Waals surface area contributed by atoms with E-state index >= 15 is 0 Å². The maximum atomic E-state index is 11.9. The van der Waals surface area contributed by atoms with Gasteiger partial charge in [0.25, 0.3) is 0 Å². The van der Waals surface area contributed by atoms with E-state index in [4.69, 9.17) is 4.31 Å². The molecule has 0 aromatic rings. The lowest BCUT2D eigenvalue weighted by Crippen LogP contribution is -1.98. The van der Waals surface area contributed by atoms with Crippen molar-refractivity contribution < 1.29 is 23.2 Å². The van der Waals surface area contributed by atoms with Crippen molar-refractivity contribution in [3.63, 3.8) is 0 Å². The molecule has 2 atom stereocenters. The second-order valence-electron chi connectivity index (χ2n) is 6.34. The average Bonchev–Trinajstić information content (AvgIpc) is 2.45. The molecule has 140 valence electrons. The Balaban J connectivity index is 3.87. The summed E-state index contributed by atoms with van der Waals surface area (Å²) in [6.07, 6.45) is 11.8. The predicted molar refractivity (Wildman–Crippen MR) is 97.2 cm³/mol. The van der Waals surface area contributed by atoms with Crippen molar-refractivity contribution >= 4 is 15.2 Å². The standard InChI is InChI=1S/C16H36O5P2/c1-3-5-7-9-11-13-15-22(17,18)21-23(19,20)16-14-12-10-8-6-4-2/h3-16H2,1-2H3,(H,17,18)(H,19,20). The lowest BCUT2D eigenvalue weighted by molar-refractivity contribution is 0.329. The average molecular weight is 370 g/mol. The van der Waals surface area contributed by atoms with Gasteiger partial charge in [-0.25, -0.2) is 4.31 Å². The molecule has 0 heterocycles. The molecular formula is C16H36O5P2. The molecule has 2 unspecified atom stereocenters. The summed E-state index contributed by atoms with van der Waals surface area (Å²) in [5.41, 5.74) is 0. The van der Waals surface area contributed by atoms with Gasteiger partial charge >= 0.3 is 15.2 Å². The molecule has 0 aliphatic rings. The van der Waals surface area contributed by atoms with Crippen molar-refractivity contribution in [1.82, 2.24) is 0 Å². The van der Waals surface area contributed by atoms with Crippen LogP contribution in [-0.4, -0.2) is 22.1 Å². The van der Waals surface area contributed by atoms with E-state index in [1.54, 1.807) is 0 Å². The zero-order chi connectivity index (χ0) is 17.6. The monoisotopic (exact) mass is 370 g/mol. The van der Waals surface area contributed by atoms with E-state index in [2.05, 4.69) is 13.8 Å². The molecule has 2 N–H and O–H groups in total. The van der Waals surface area contributed by atoms with Gasteiger partial charge in [0.2, 0.25) is 0 Å². The van der Waals surface area contributed by atoms with E-state index < -0.39 is 15.2 Å². The van der Waals surface area contributed by atoms with Crippen molar-refractivity contribution in [2.45, 2.75) is 90.9 Å². The molecule has 0 aromatic heterocycles. The molecule has 0 aliphatic heterocycles. The Morgan fingerprint density at radius 3 is 1.26 bits per heavy atom. The van der Waals surface area contributed by atoms with Gasteiger partial charge in [-0.2, -0.15) is 0 Å². The van der Waals surface area contributed by atoms with E-state index in [0.29, 0.717) is 12.8 Å². The first-order chi connectivity index (χ1) is 10.8. The van der Waals surface area contributed by atoms with Gasteiger partial charge in [-0.1, -0.05) is 78.1 Å². The highest BCUT2D eigenvalue weighted by Crippen LogP contribution is 2.59. The first kappa shape index (κ1) is 23.3. The van der Waals surface area contributed by atoms with Crippen molar-refractivity contribution in [3.05, 3.63) is 0 Å². The summed E-state index contributed by atoms with van der Waals surface area (Å²) in [4.78, 5) is 19.5. The topological polar surface area (TPSA) is 83.8 Å². The minimum absolute atomic E-state index is 0.0276. The highest BCUT2D eigenvalue weighted by Gasteiger charge is 2.31. The van der Waals surface area contributed by atoms with Crippen molar-refractivity contribution in [1.29, 1.82) is 0 Å². The first-order valence-corrected chi connectivity index (χ1v) is 12.7. The lowest BCUT2D eigenvalue weighted by atomic mass is 10.1. The Bertz CT molecular complexity index is 339. The number of rotatable bonds is 16. The van der Waals surface area contributed by atoms with Crippen molar-refractivity contribution in [2.75, 3.05) is 12.3 Å². The number of unbranched alkanes of at least 4 members (excludes halogenated alkanes) is 10. The molecule has 0 radical (unpaired) electrons. The second-order valence-corrected chi connectivity index (χ2v) is 10.4. The van der Waals surface area contributed by atoms with Crippen LogP contribution in [0.3, 0.4) is 0 Å². The summed E-state index contributed by atoms with van der Waals surface area (Å²) < 4.78 is 28.5. The second kappa shape index (κ2) is 13.6. The Morgan fingerprint density at radius 2 is 0.913 bits per heavy atom. The molecule has 0 aromatic carbocycles. The summed E-state index contributed by atoms with van der Waals surface area (Å²) >= 11 is 0. The molecular weight excluding hydrogens is 334 g/mol. The molecule has 7 heteroatoms. The van der Waals surface area contributed by atoms with Crippen LogP contribution >= 0.6 is 15.2 Å². The molecule has 0 aliphatic carbocycles. The van der Waals surface area contributed by atoms with Gasteiger partial charge in [0.05, 0.1) is 12.3 Å². The third kappa shape index (κ3) is 15.6. The molecule has 0 fully saturated rings. The maximum absolute atomic E-state index is 11.9. The smallest absolute Gasteiger partial charge is 0.324 e. The largest absolute Gasteiger partial charge is 0.335 e. The Labute approximate surface area is 142 Å². The molecule has 23 heavy (non-hydrogen) atoms. The van der Waals surface area contributed by atoms with E-state index in [0.717, 1.165) is 51.4 Å². The van der Waals surface area contributed by atoms with Crippen LogP contribution in [0.15, 0.2) is 0 Å². The minimum Gasteiger partial charge on any atom is -0.324 e. The van der Waals surface area contributed by atoms with Crippen molar-refractivity contribution in [3.8, 4) is 0 Å². The van der Waals surface area contributed by atoms with Gasteiger partial charge in [-0.15, -0.1) is 0 Å². The fourth-order valence-electron chi connectivity index (χ4n) is 2.46. The van der Waals surface area contributed by atoms with Gasteiger partial charge in [-0.05, 0) is 12.8 Å². The lowest BCUT2D eigenvalue weighted by Gasteiger charge is -2.16. The predicted octanol–water partition coefficient (Wildman–Crippen LogP) is 6.09. The van der Waals surface area contributed by atoms with Gasteiger partial charge in [0.1, 0.15) is 0 Å². The molecule has 5 nitrogen and oxygen atoms in total. The zero-order valence-electron chi connectivity index (χ0n) is 14.9. The highest BCUT2D eigenvalue weighted by molar-refractivity contribution is 7.66. The van der Waals surface area contributed by atoms with E-state index in [1.807, 2.05) is 0 Å². The van der Waals surface area contributed by atoms with Crippen LogP contribution in [0.4, 0.5) is 0 Å². The fraction of sp³-hybridized carbons (Fsp3) is 1.00. The molecule has 0 bridgehead atoms. The minimum atomic E-state index is -3.95. The molecule has 0 rings (SSSR count). The Kier molecular flexibility index (Phi) is 13.8. The fourth-order valence-corrected chi connectivity index (χ4v) is 5.96. The van der Waals surface area contributed by atoms with Gasteiger partial charge < -0.3 is 9.79 Å². The first-order valence-electron chi connectivity index (χ1n) is 9.18. The third-order valence-electron chi connectivity index (χ3n) is 3.84. The van der Waals surface area contributed by atoms with Crippen LogP contribution < -0.4 is 0 Å². The molecule has 0 amide bonds. The molecule has 0 spiro atoms. The van der Waals surface area contributed by atoms with Crippen LogP contribution in [0.5, 0.6) is 0 Å². The number of hydrogen-bond donors (Lipinski definition) is 2. The number of hydrogen-bond acceptors (Lipinski definition) is 3. The summed E-state index contributed by atoms with van der Waals surface area (Å²) in [6.45, 7) is 4.27. The van der Waals surface area contributed by atoms with Crippen LogP contribution in [0.25, 0.3) is 0 Å². The SMILES string of the molecule is CCCCCCCCP(=O)(O)OP(=O)(O)CCCCCCCC. The maximum Gasteiger partial charge on any atom is 0.335 e. The van der Waals surface area contributed by atoms with Crippen LogP contribution in [-0.2, 0) is 13.4 Å². The summed E-state index contributed by atoms with van der Waals surface area (Å²) in [5.74, 6) is 0. The summed E-state index contributed by atoms with van der Waals surface area (Å²) in [5, 5.41) is 0. The Morgan fingerprint density at radius 1 is 0.609 bits per heavy atom.